The van der Waals surface area contributed by atoms with Gasteiger partial charge in [-0.15, -0.1) is 0 Å². The Morgan fingerprint density at radius 3 is 2.29 bits per heavy atom. The molecule has 1 aliphatic heterocycles. The standard InChI is InChI=1S/C19H22BrNO2S/c1-13-11-16(20)12-14(2)18(13)24(22,23)21-17-8-6-5-7-15(17)9-10-19(21,3)4/h5-8,11-12H,9-10H2,1-4H3. The Balaban J connectivity index is 2.27. The largest absolute Gasteiger partial charge is 0.265 e. The number of hydrogen-bond donors (Lipinski definition) is 0. The van der Waals surface area contributed by atoms with Crippen LogP contribution in [-0.2, 0) is 16.4 Å². The van der Waals surface area contributed by atoms with Crippen LogP contribution in [0.3, 0.4) is 0 Å². The fraction of sp³-hybridized carbons (Fsp3) is 0.368. The van der Waals surface area contributed by atoms with Gasteiger partial charge in [0.1, 0.15) is 0 Å². The van der Waals surface area contributed by atoms with E-state index in [1.165, 1.54) is 0 Å². The minimum absolute atomic E-state index is 0.412. The maximum absolute atomic E-state index is 13.6. The monoisotopic (exact) mass is 407 g/mol. The SMILES string of the molecule is Cc1cc(Br)cc(C)c1S(=O)(=O)N1c2ccccc2CCC1(C)C. The van der Waals surface area contributed by atoms with Crippen LogP contribution in [0.2, 0.25) is 0 Å². The Morgan fingerprint density at radius 2 is 1.67 bits per heavy atom. The summed E-state index contributed by atoms with van der Waals surface area (Å²) in [5.74, 6) is 0. The Labute approximate surface area is 152 Å². The molecule has 0 spiro atoms. The van der Waals surface area contributed by atoms with E-state index in [2.05, 4.69) is 15.9 Å². The average molecular weight is 408 g/mol. The molecule has 0 atom stereocenters. The van der Waals surface area contributed by atoms with Gasteiger partial charge in [-0.25, -0.2) is 8.42 Å². The number of nitrogens with zero attached hydrogens (tertiary/aromatic N) is 1. The van der Waals surface area contributed by atoms with Gasteiger partial charge in [-0.05, 0) is 75.4 Å². The summed E-state index contributed by atoms with van der Waals surface area (Å²) in [6, 6.07) is 11.5. The number of aryl methyl sites for hydroxylation is 3. The quantitative estimate of drug-likeness (QED) is 0.703. The first-order chi connectivity index (χ1) is 11.1. The number of halogens is 1. The second-order valence-corrected chi connectivity index (χ2v) is 9.72. The van der Waals surface area contributed by atoms with Gasteiger partial charge in [-0.3, -0.25) is 4.31 Å². The molecule has 2 aromatic rings. The van der Waals surface area contributed by atoms with Crippen LogP contribution in [0.1, 0.15) is 37.0 Å². The van der Waals surface area contributed by atoms with Crippen LogP contribution < -0.4 is 4.31 Å². The number of rotatable bonds is 2. The number of sulfonamides is 1. The van der Waals surface area contributed by atoms with Gasteiger partial charge >= 0.3 is 0 Å². The summed E-state index contributed by atoms with van der Waals surface area (Å²) in [7, 11) is -3.65. The van der Waals surface area contributed by atoms with E-state index in [0.717, 1.165) is 39.7 Å². The van der Waals surface area contributed by atoms with E-state index in [0.29, 0.717) is 4.90 Å². The summed E-state index contributed by atoms with van der Waals surface area (Å²) < 4.78 is 29.8. The van der Waals surface area contributed by atoms with Crippen molar-refractivity contribution in [3.8, 4) is 0 Å². The number of para-hydroxylation sites is 1. The van der Waals surface area contributed by atoms with Gasteiger partial charge in [0.2, 0.25) is 0 Å². The molecular weight excluding hydrogens is 386 g/mol. The Morgan fingerprint density at radius 1 is 1.08 bits per heavy atom. The predicted molar refractivity (Wildman–Crippen MR) is 102 cm³/mol. The molecule has 5 heteroatoms. The number of hydrogen-bond acceptors (Lipinski definition) is 2. The molecule has 1 heterocycles. The van der Waals surface area contributed by atoms with E-state index in [1.54, 1.807) is 4.31 Å². The van der Waals surface area contributed by atoms with Crippen molar-refractivity contribution >= 4 is 31.6 Å². The molecule has 0 N–H and O–H groups in total. The summed E-state index contributed by atoms with van der Waals surface area (Å²) in [6.07, 6.45) is 1.70. The third-order valence-corrected chi connectivity index (χ3v) is 7.48. The summed E-state index contributed by atoms with van der Waals surface area (Å²) >= 11 is 3.45. The van der Waals surface area contributed by atoms with E-state index in [4.69, 9.17) is 0 Å². The Kier molecular flexibility index (Phi) is 4.29. The second-order valence-electron chi connectivity index (χ2n) is 7.08. The van der Waals surface area contributed by atoms with Crippen molar-refractivity contribution in [1.82, 2.24) is 0 Å². The van der Waals surface area contributed by atoms with Gasteiger partial charge in [0.05, 0.1) is 16.1 Å². The van der Waals surface area contributed by atoms with Crippen LogP contribution >= 0.6 is 15.9 Å². The molecule has 0 aliphatic carbocycles. The zero-order valence-electron chi connectivity index (χ0n) is 14.4. The van der Waals surface area contributed by atoms with Gasteiger partial charge in [0.25, 0.3) is 10.0 Å². The lowest BCUT2D eigenvalue weighted by Gasteiger charge is -2.44. The molecule has 24 heavy (non-hydrogen) atoms. The van der Waals surface area contributed by atoms with Crippen molar-refractivity contribution in [3.05, 3.63) is 57.6 Å². The predicted octanol–water partition coefficient (Wildman–Crippen LogP) is 4.99. The highest BCUT2D eigenvalue weighted by Gasteiger charge is 2.42. The van der Waals surface area contributed by atoms with Gasteiger partial charge in [0.15, 0.2) is 0 Å². The smallest absolute Gasteiger partial charge is 0.260 e. The molecule has 0 saturated carbocycles. The van der Waals surface area contributed by atoms with Crippen molar-refractivity contribution in [3.63, 3.8) is 0 Å². The molecule has 0 bridgehead atoms. The van der Waals surface area contributed by atoms with E-state index >= 15 is 0 Å². The third kappa shape index (κ3) is 2.78. The van der Waals surface area contributed by atoms with Crippen LogP contribution in [0.25, 0.3) is 0 Å². The molecule has 128 valence electrons. The van der Waals surface area contributed by atoms with Crippen molar-refractivity contribution < 1.29 is 8.42 Å². The van der Waals surface area contributed by atoms with Crippen LogP contribution in [0.5, 0.6) is 0 Å². The van der Waals surface area contributed by atoms with Crippen LogP contribution in [0, 0.1) is 13.8 Å². The minimum atomic E-state index is -3.65. The van der Waals surface area contributed by atoms with E-state index < -0.39 is 15.6 Å². The molecular formula is C19H22BrNO2S. The first-order valence-corrected chi connectivity index (χ1v) is 10.3. The fourth-order valence-corrected chi connectivity index (χ4v) is 6.62. The molecule has 0 aromatic heterocycles. The van der Waals surface area contributed by atoms with Crippen molar-refractivity contribution in [1.29, 1.82) is 0 Å². The van der Waals surface area contributed by atoms with Gasteiger partial charge in [-0.1, -0.05) is 34.1 Å². The molecule has 1 aliphatic rings. The first kappa shape index (κ1) is 17.5. The lowest BCUT2D eigenvalue weighted by atomic mass is 9.89. The van der Waals surface area contributed by atoms with Crippen molar-refractivity contribution in [2.75, 3.05) is 4.31 Å². The maximum Gasteiger partial charge on any atom is 0.265 e. The molecule has 2 aromatic carbocycles. The number of benzene rings is 2. The van der Waals surface area contributed by atoms with Gasteiger partial charge in [-0.2, -0.15) is 0 Å². The molecule has 0 saturated heterocycles. The second kappa shape index (κ2) is 5.88. The molecule has 0 amide bonds. The average Bonchev–Trinajstić information content (AvgIpc) is 2.44. The van der Waals surface area contributed by atoms with Gasteiger partial charge < -0.3 is 0 Å². The number of fused-ring (bicyclic) bond motifs is 1. The molecule has 0 fully saturated rings. The van der Waals surface area contributed by atoms with Crippen LogP contribution in [0.15, 0.2) is 45.8 Å². The highest BCUT2D eigenvalue weighted by molar-refractivity contribution is 9.10. The summed E-state index contributed by atoms with van der Waals surface area (Å²) in [6.45, 7) is 7.72. The molecule has 0 radical (unpaired) electrons. The van der Waals surface area contributed by atoms with Crippen LogP contribution in [-0.4, -0.2) is 14.0 Å². The minimum Gasteiger partial charge on any atom is -0.260 e. The summed E-state index contributed by atoms with van der Waals surface area (Å²) in [5, 5.41) is 0. The zero-order valence-corrected chi connectivity index (χ0v) is 16.8. The van der Waals surface area contributed by atoms with Crippen molar-refractivity contribution in [2.45, 2.75) is 51.0 Å². The zero-order chi connectivity index (χ0) is 17.7. The topological polar surface area (TPSA) is 37.4 Å². The van der Waals surface area contributed by atoms with Gasteiger partial charge in [0, 0.05) is 4.47 Å². The first-order valence-electron chi connectivity index (χ1n) is 8.05. The van der Waals surface area contributed by atoms with Crippen LogP contribution in [0.4, 0.5) is 5.69 Å². The summed E-state index contributed by atoms with van der Waals surface area (Å²) in [4.78, 5) is 0.412. The fourth-order valence-electron chi connectivity index (χ4n) is 3.64. The van der Waals surface area contributed by atoms with E-state index in [-0.39, 0.29) is 0 Å². The Bertz CT molecular complexity index is 880. The lowest BCUT2D eigenvalue weighted by molar-refractivity contribution is 0.450. The highest BCUT2D eigenvalue weighted by atomic mass is 79.9. The molecule has 3 rings (SSSR count). The maximum atomic E-state index is 13.6. The van der Waals surface area contributed by atoms with E-state index in [1.807, 2.05) is 64.1 Å². The molecule has 3 nitrogen and oxygen atoms in total. The van der Waals surface area contributed by atoms with E-state index in [9.17, 15) is 8.42 Å². The molecule has 0 unspecified atom stereocenters. The summed E-state index contributed by atoms with van der Waals surface area (Å²) in [5.41, 5.74) is 2.96. The lowest BCUT2D eigenvalue weighted by Crippen LogP contribution is -2.51. The number of anilines is 1. The highest BCUT2D eigenvalue weighted by Crippen LogP contribution is 2.42. The van der Waals surface area contributed by atoms with Crippen molar-refractivity contribution in [2.24, 2.45) is 0 Å². The normalized spacial score (nSPS) is 16.8. The Hall–Kier alpha value is -1.33. The third-order valence-electron chi connectivity index (χ3n) is 4.69.